The molecule has 0 saturated carbocycles. The third kappa shape index (κ3) is 3.87. The van der Waals surface area contributed by atoms with Gasteiger partial charge >= 0.3 is 6.36 Å². The van der Waals surface area contributed by atoms with E-state index in [9.17, 15) is 18.0 Å². The molecule has 1 aromatic heterocycles. The number of rotatable bonds is 3. The van der Waals surface area contributed by atoms with Gasteiger partial charge in [0.05, 0.1) is 7.11 Å². The average Bonchev–Trinajstić information content (AvgIpc) is 2.18. The van der Waals surface area contributed by atoms with Crippen molar-refractivity contribution in [1.82, 2.24) is 4.98 Å². The minimum atomic E-state index is -4.88. The lowest BCUT2D eigenvalue weighted by molar-refractivity contribution is -0.275. The van der Waals surface area contributed by atoms with Crippen LogP contribution in [0.4, 0.5) is 13.2 Å². The van der Waals surface area contributed by atoms with Crippen LogP contribution < -0.4 is 9.47 Å². The van der Waals surface area contributed by atoms with Gasteiger partial charge in [0, 0.05) is 6.07 Å². The lowest BCUT2D eigenvalue weighted by Gasteiger charge is -2.12. The molecule has 0 N–H and O–H groups in total. The molecular weight excluding hydrogens is 377 g/mol. The maximum atomic E-state index is 12.1. The molecule has 1 heterocycles. The Labute approximate surface area is 112 Å². The molecular formula is C8H4ClF3INO3. The largest absolute Gasteiger partial charge is 0.573 e. The van der Waals surface area contributed by atoms with Crippen molar-refractivity contribution in [3.63, 3.8) is 0 Å². The number of aromatic nitrogens is 1. The fraction of sp³-hybridized carbons (Fsp3) is 0.250. The first kappa shape index (κ1) is 14.3. The molecule has 0 aliphatic rings. The Balaban J connectivity index is 3.28. The van der Waals surface area contributed by atoms with Crippen LogP contribution in [0.5, 0.6) is 11.6 Å². The van der Waals surface area contributed by atoms with E-state index in [1.165, 1.54) is 7.11 Å². The number of nitrogens with zero attached hydrogens (tertiary/aromatic N) is 1. The van der Waals surface area contributed by atoms with E-state index in [1.807, 2.05) is 0 Å². The summed E-state index contributed by atoms with van der Waals surface area (Å²) in [6.07, 6.45) is -4.88. The van der Waals surface area contributed by atoms with Gasteiger partial charge < -0.3 is 9.47 Å². The van der Waals surface area contributed by atoms with Crippen molar-refractivity contribution in [2.24, 2.45) is 0 Å². The first-order chi connectivity index (χ1) is 7.74. The van der Waals surface area contributed by atoms with Crippen molar-refractivity contribution < 1.29 is 27.4 Å². The Morgan fingerprint density at radius 1 is 1.53 bits per heavy atom. The Hall–Kier alpha value is -0.770. The molecule has 0 spiro atoms. The van der Waals surface area contributed by atoms with Crippen LogP contribution in [0.2, 0.25) is 0 Å². The lowest BCUT2D eigenvalue weighted by atomic mass is 10.3. The number of ether oxygens (including phenoxy) is 2. The van der Waals surface area contributed by atoms with Gasteiger partial charge in [0.15, 0.2) is 5.75 Å². The standard InChI is InChI=1S/C8H4ClF3INO3/c1-16-7-5(13)4(17-8(10,11)12)2-3(14-7)6(9)15/h2H,1H3. The van der Waals surface area contributed by atoms with E-state index in [0.29, 0.717) is 0 Å². The monoisotopic (exact) mass is 381 g/mol. The predicted molar refractivity (Wildman–Crippen MR) is 60.4 cm³/mol. The Bertz CT molecular complexity index is 452. The number of carbonyl (C=O) groups is 1. The van der Waals surface area contributed by atoms with Crippen LogP contribution in [0.1, 0.15) is 10.5 Å². The number of pyridine rings is 1. The van der Waals surface area contributed by atoms with Crippen molar-refractivity contribution in [2.45, 2.75) is 6.36 Å². The maximum absolute atomic E-state index is 12.1. The molecule has 1 rings (SSSR count). The van der Waals surface area contributed by atoms with Gasteiger partial charge in [-0.15, -0.1) is 13.2 Å². The van der Waals surface area contributed by atoms with Crippen LogP contribution in [0.15, 0.2) is 6.07 Å². The quantitative estimate of drug-likeness (QED) is 0.597. The smallest absolute Gasteiger partial charge is 0.480 e. The van der Waals surface area contributed by atoms with E-state index in [4.69, 9.17) is 16.3 Å². The molecule has 0 fully saturated rings. The second kappa shape index (κ2) is 5.25. The number of carbonyl (C=O) groups excluding carboxylic acids is 1. The first-order valence-electron chi connectivity index (χ1n) is 3.94. The van der Waals surface area contributed by atoms with Gasteiger partial charge in [-0.25, -0.2) is 4.98 Å². The van der Waals surface area contributed by atoms with Crippen LogP contribution >= 0.6 is 34.2 Å². The normalized spacial score (nSPS) is 11.2. The molecule has 17 heavy (non-hydrogen) atoms. The van der Waals surface area contributed by atoms with Crippen molar-refractivity contribution in [1.29, 1.82) is 0 Å². The molecule has 94 valence electrons. The molecule has 0 radical (unpaired) electrons. The summed E-state index contributed by atoms with van der Waals surface area (Å²) in [4.78, 5) is 14.5. The van der Waals surface area contributed by atoms with E-state index in [-0.39, 0.29) is 15.1 Å². The summed E-state index contributed by atoms with van der Waals surface area (Å²) in [5, 5.41) is -1.01. The highest BCUT2D eigenvalue weighted by atomic mass is 127. The van der Waals surface area contributed by atoms with Crippen molar-refractivity contribution in [3.8, 4) is 11.6 Å². The highest BCUT2D eigenvalue weighted by molar-refractivity contribution is 14.1. The Morgan fingerprint density at radius 2 is 2.12 bits per heavy atom. The van der Waals surface area contributed by atoms with E-state index >= 15 is 0 Å². The average molecular weight is 381 g/mol. The van der Waals surface area contributed by atoms with Crippen molar-refractivity contribution in [3.05, 3.63) is 15.3 Å². The number of hydrogen-bond acceptors (Lipinski definition) is 4. The summed E-state index contributed by atoms with van der Waals surface area (Å²) in [6.45, 7) is 0. The molecule has 4 nitrogen and oxygen atoms in total. The van der Waals surface area contributed by atoms with E-state index in [1.54, 1.807) is 22.6 Å². The third-order valence-electron chi connectivity index (χ3n) is 1.51. The highest BCUT2D eigenvalue weighted by Gasteiger charge is 2.33. The number of halogens is 5. The summed E-state index contributed by atoms with van der Waals surface area (Å²) < 4.78 is 44.7. The number of alkyl halides is 3. The predicted octanol–water partition coefficient (Wildman–Crippen LogP) is 2.97. The molecule has 0 bridgehead atoms. The molecule has 0 aromatic carbocycles. The van der Waals surface area contributed by atoms with Gasteiger partial charge in [-0.3, -0.25) is 4.79 Å². The SMILES string of the molecule is COc1nc(C(=O)Cl)cc(OC(F)(F)F)c1I. The minimum Gasteiger partial charge on any atom is -0.480 e. The van der Waals surface area contributed by atoms with Crippen LogP contribution in [0.25, 0.3) is 0 Å². The molecule has 0 unspecified atom stereocenters. The molecule has 0 amide bonds. The third-order valence-corrected chi connectivity index (χ3v) is 2.70. The molecule has 0 aliphatic heterocycles. The zero-order chi connectivity index (χ0) is 13.2. The zero-order valence-electron chi connectivity index (χ0n) is 8.14. The van der Waals surface area contributed by atoms with E-state index in [2.05, 4.69) is 9.72 Å². The maximum Gasteiger partial charge on any atom is 0.573 e. The summed E-state index contributed by atoms with van der Waals surface area (Å²) in [5.74, 6) is -0.759. The van der Waals surface area contributed by atoms with Crippen LogP contribution in [-0.4, -0.2) is 23.7 Å². The zero-order valence-corrected chi connectivity index (χ0v) is 11.1. The summed E-state index contributed by atoms with van der Waals surface area (Å²) in [7, 11) is 1.20. The van der Waals surface area contributed by atoms with Gasteiger partial charge in [0.25, 0.3) is 5.24 Å². The second-order valence-corrected chi connectivity index (χ2v) is 4.07. The van der Waals surface area contributed by atoms with Gasteiger partial charge in [-0.05, 0) is 34.2 Å². The Kier molecular flexibility index (Phi) is 4.42. The van der Waals surface area contributed by atoms with Crippen molar-refractivity contribution in [2.75, 3.05) is 7.11 Å². The topological polar surface area (TPSA) is 48.4 Å². The van der Waals surface area contributed by atoms with E-state index in [0.717, 1.165) is 6.07 Å². The van der Waals surface area contributed by atoms with Crippen LogP contribution in [0.3, 0.4) is 0 Å². The van der Waals surface area contributed by atoms with Gasteiger partial charge in [0.1, 0.15) is 9.26 Å². The summed E-state index contributed by atoms with van der Waals surface area (Å²) in [6, 6.07) is 0.799. The summed E-state index contributed by atoms with van der Waals surface area (Å²) in [5.41, 5.74) is -0.386. The minimum absolute atomic E-state index is 0.0101. The van der Waals surface area contributed by atoms with Gasteiger partial charge in [-0.1, -0.05) is 0 Å². The Morgan fingerprint density at radius 3 is 2.53 bits per heavy atom. The van der Waals surface area contributed by atoms with Gasteiger partial charge in [0.2, 0.25) is 5.88 Å². The fourth-order valence-electron chi connectivity index (χ4n) is 0.919. The second-order valence-electron chi connectivity index (χ2n) is 2.65. The highest BCUT2D eigenvalue weighted by Crippen LogP contribution is 2.33. The number of hydrogen-bond donors (Lipinski definition) is 0. The molecule has 9 heteroatoms. The molecule has 0 atom stereocenters. The summed E-state index contributed by atoms with van der Waals surface area (Å²) >= 11 is 6.69. The molecule has 0 aliphatic carbocycles. The molecule has 1 aromatic rings. The number of methoxy groups -OCH3 is 1. The lowest BCUT2D eigenvalue weighted by Crippen LogP contribution is -2.18. The first-order valence-corrected chi connectivity index (χ1v) is 5.40. The van der Waals surface area contributed by atoms with Crippen LogP contribution in [-0.2, 0) is 0 Å². The van der Waals surface area contributed by atoms with Crippen LogP contribution in [0, 0.1) is 3.57 Å². The van der Waals surface area contributed by atoms with E-state index < -0.39 is 17.4 Å². The van der Waals surface area contributed by atoms with Crippen molar-refractivity contribution >= 4 is 39.4 Å². The van der Waals surface area contributed by atoms with Gasteiger partial charge in [-0.2, -0.15) is 0 Å². The molecule has 0 saturated heterocycles. The fourth-order valence-corrected chi connectivity index (χ4v) is 1.62.